The van der Waals surface area contributed by atoms with Crippen LogP contribution in [0.1, 0.15) is 50.5 Å². The molecule has 0 bridgehead atoms. The number of rotatable bonds is 22. The largest absolute Gasteiger partial charge is 0.493 e. The summed E-state index contributed by atoms with van der Waals surface area (Å²) in [6, 6.07) is 7.76. The molecular formula is C30H37N9O12. The Morgan fingerprint density at radius 1 is 0.961 bits per heavy atom. The van der Waals surface area contributed by atoms with E-state index in [1.165, 1.54) is 32.4 Å². The van der Waals surface area contributed by atoms with Crippen LogP contribution in [0.3, 0.4) is 0 Å². The first-order valence-corrected chi connectivity index (χ1v) is 15.6. The van der Waals surface area contributed by atoms with E-state index in [0.717, 1.165) is 6.42 Å². The zero-order valence-corrected chi connectivity index (χ0v) is 27.8. The van der Waals surface area contributed by atoms with Gasteiger partial charge in [-0.1, -0.05) is 12.5 Å². The van der Waals surface area contributed by atoms with Gasteiger partial charge in [0.05, 0.1) is 29.9 Å². The standard InChI is InChI=1S/C30H37N9O12/c1-47-24-13-10-20(18-25(24)48-2)19-50-30(42)37(39(45)46)34-22(29(41)49-17-14-31)8-5-7-16-33-26(40)9-4-3-6-15-32-21-11-12-23(38(43)44)28-27(21)35-51-36-28/h10-13,18,22,32,34H,3-9,15-17,19H2,1-2H3,(H,33,40)/t22-/m0/s1. The van der Waals surface area contributed by atoms with Crippen molar-refractivity contribution in [2.75, 3.05) is 39.2 Å². The van der Waals surface area contributed by atoms with E-state index in [1.54, 1.807) is 18.2 Å². The number of esters is 1. The SMILES string of the molecule is COc1ccc(COC(=O)N(N[C@@H](CCCCNC(=O)CCCCCNc2ccc([N+](=O)[O-])c3nonc23)C(=O)OCC#N)[N+](=O)[O-])cc1OC. The van der Waals surface area contributed by atoms with Crippen LogP contribution in [0.15, 0.2) is 35.0 Å². The summed E-state index contributed by atoms with van der Waals surface area (Å²) in [4.78, 5) is 59.7. The van der Waals surface area contributed by atoms with Gasteiger partial charge in [0.1, 0.15) is 18.7 Å². The molecule has 3 rings (SSSR count). The second-order valence-corrected chi connectivity index (χ2v) is 10.7. The van der Waals surface area contributed by atoms with Gasteiger partial charge < -0.3 is 29.6 Å². The Kier molecular flexibility index (Phi) is 15.6. The normalized spacial score (nSPS) is 11.2. The number of unbranched alkanes of at least 4 members (excludes halogenated alkanes) is 3. The first-order valence-electron chi connectivity index (χ1n) is 15.6. The number of methoxy groups -OCH3 is 2. The number of nitriles is 1. The lowest BCUT2D eigenvalue weighted by Gasteiger charge is -2.20. The molecule has 274 valence electrons. The van der Waals surface area contributed by atoms with Crippen LogP contribution in [-0.2, 0) is 25.7 Å². The molecule has 21 heteroatoms. The second kappa shape index (κ2) is 20.3. The molecule has 0 unspecified atom stereocenters. The highest BCUT2D eigenvalue weighted by atomic mass is 16.7. The van der Waals surface area contributed by atoms with Gasteiger partial charge in [-0.25, -0.2) is 19.5 Å². The fourth-order valence-corrected chi connectivity index (χ4v) is 4.67. The monoisotopic (exact) mass is 715 g/mol. The molecule has 21 nitrogen and oxygen atoms in total. The van der Waals surface area contributed by atoms with Gasteiger partial charge in [-0.15, -0.1) is 0 Å². The Bertz CT molecular complexity index is 1710. The predicted molar refractivity (Wildman–Crippen MR) is 174 cm³/mol. The smallest absolute Gasteiger partial charge is 0.485 e. The molecule has 51 heavy (non-hydrogen) atoms. The lowest BCUT2D eigenvalue weighted by Crippen LogP contribution is -2.54. The maximum atomic E-state index is 12.6. The quantitative estimate of drug-likeness (QED) is 0.0583. The molecule has 1 atom stereocenters. The molecule has 0 saturated heterocycles. The number of anilines is 1. The number of fused-ring (bicyclic) bond motifs is 1. The molecular weight excluding hydrogens is 678 g/mol. The number of hydrazine groups is 2. The van der Waals surface area contributed by atoms with Gasteiger partial charge in [-0.2, -0.15) is 10.7 Å². The topological polar surface area (TPSA) is 276 Å². The van der Waals surface area contributed by atoms with Gasteiger partial charge in [0.2, 0.25) is 11.4 Å². The number of hydrogen-bond donors (Lipinski definition) is 3. The molecule has 3 aromatic rings. The Labute approximate surface area is 290 Å². The molecule has 0 aliphatic rings. The summed E-state index contributed by atoms with van der Waals surface area (Å²) in [6.07, 6.45) is 1.52. The average molecular weight is 716 g/mol. The minimum absolute atomic E-state index is 0.0358. The molecule has 0 aliphatic heterocycles. The Morgan fingerprint density at radius 2 is 1.71 bits per heavy atom. The van der Waals surface area contributed by atoms with E-state index in [1.807, 2.05) is 0 Å². The number of carbonyl (C=O) groups is 3. The number of carbonyl (C=O) groups excluding carboxylic acids is 3. The number of nitrogens with zero attached hydrogens (tertiary/aromatic N) is 6. The van der Waals surface area contributed by atoms with Crippen molar-refractivity contribution < 1.29 is 47.9 Å². The van der Waals surface area contributed by atoms with E-state index in [-0.39, 0.29) is 60.2 Å². The first kappa shape index (κ1) is 39.1. The summed E-state index contributed by atoms with van der Waals surface area (Å²) in [5.74, 6) is -0.401. The predicted octanol–water partition coefficient (Wildman–Crippen LogP) is 3.18. The van der Waals surface area contributed by atoms with E-state index < -0.39 is 34.7 Å². The van der Waals surface area contributed by atoms with E-state index in [9.17, 15) is 34.6 Å². The van der Waals surface area contributed by atoms with Crippen molar-refractivity contribution in [3.63, 3.8) is 0 Å². The Balaban J connectivity index is 1.39. The number of aromatic nitrogens is 2. The van der Waals surface area contributed by atoms with Crippen LogP contribution in [0.5, 0.6) is 11.5 Å². The van der Waals surface area contributed by atoms with Gasteiger partial charge in [0.15, 0.2) is 28.7 Å². The van der Waals surface area contributed by atoms with Crippen LogP contribution in [0, 0.1) is 31.6 Å². The zero-order chi connectivity index (χ0) is 37.2. The number of benzene rings is 2. The highest BCUT2D eigenvalue weighted by molar-refractivity contribution is 5.93. The van der Waals surface area contributed by atoms with Crippen LogP contribution in [0.2, 0.25) is 0 Å². The number of nitro benzene ring substituents is 1. The summed E-state index contributed by atoms with van der Waals surface area (Å²) in [7, 11) is 2.86. The molecule has 0 aliphatic carbocycles. The maximum absolute atomic E-state index is 12.6. The number of hydrogen-bond acceptors (Lipinski definition) is 17. The third-order valence-corrected chi connectivity index (χ3v) is 7.22. The maximum Gasteiger partial charge on any atom is 0.485 e. The summed E-state index contributed by atoms with van der Waals surface area (Å²) in [5.41, 5.74) is 3.29. The average Bonchev–Trinajstić information content (AvgIpc) is 3.62. The fourth-order valence-electron chi connectivity index (χ4n) is 4.67. The van der Waals surface area contributed by atoms with E-state index >= 15 is 0 Å². The van der Waals surface area contributed by atoms with Gasteiger partial charge in [-0.3, -0.25) is 19.7 Å². The minimum atomic E-state index is -1.41. The van der Waals surface area contributed by atoms with Crippen LogP contribution in [0.4, 0.5) is 16.2 Å². The number of non-ortho nitro benzene ring substituents is 1. The minimum Gasteiger partial charge on any atom is -0.493 e. The molecule has 3 N–H and O–H groups in total. The Hall–Kier alpha value is -6.30. The lowest BCUT2D eigenvalue weighted by atomic mass is 10.1. The van der Waals surface area contributed by atoms with Crippen molar-refractivity contribution in [2.24, 2.45) is 0 Å². The summed E-state index contributed by atoms with van der Waals surface area (Å²) >= 11 is 0. The summed E-state index contributed by atoms with van der Waals surface area (Å²) in [5, 5.41) is 43.6. The highest BCUT2D eigenvalue weighted by Gasteiger charge is 2.33. The highest BCUT2D eigenvalue weighted by Crippen LogP contribution is 2.29. The number of nitro groups is 2. The number of nitrogens with one attached hydrogen (secondary N) is 3. The Morgan fingerprint density at radius 3 is 2.41 bits per heavy atom. The fraction of sp³-hybridized carbons (Fsp3) is 0.467. The third kappa shape index (κ3) is 12.0. The molecule has 0 radical (unpaired) electrons. The van der Waals surface area contributed by atoms with Gasteiger partial charge in [0.25, 0.3) is 0 Å². The lowest BCUT2D eigenvalue weighted by molar-refractivity contribution is -0.650. The summed E-state index contributed by atoms with van der Waals surface area (Å²) < 4.78 is 24.9. The molecule has 2 aromatic carbocycles. The molecule has 0 fully saturated rings. The molecule has 2 amide bonds. The van der Waals surface area contributed by atoms with E-state index in [2.05, 4.69) is 31.0 Å². The van der Waals surface area contributed by atoms with E-state index in [0.29, 0.717) is 48.6 Å². The van der Waals surface area contributed by atoms with E-state index in [4.69, 9.17) is 24.2 Å². The van der Waals surface area contributed by atoms with Crippen LogP contribution in [0.25, 0.3) is 11.0 Å². The van der Waals surface area contributed by atoms with Crippen molar-refractivity contribution in [2.45, 2.75) is 57.6 Å². The number of ether oxygens (including phenoxy) is 4. The van der Waals surface area contributed by atoms with Crippen LogP contribution < -0.4 is 25.5 Å². The third-order valence-electron chi connectivity index (χ3n) is 7.22. The zero-order valence-electron chi connectivity index (χ0n) is 27.8. The molecule has 0 saturated carbocycles. The van der Waals surface area contributed by atoms with Crippen molar-refractivity contribution >= 4 is 40.4 Å². The van der Waals surface area contributed by atoms with Crippen molar-refractivity contribution in [3.8, 4) is 17.6 Å². The van der Waals surface area contributed by atoms with Crippen LogP contribution >= 0.6 is 0 Å². The summed E-state index contributed by atoms with van der Waals surface area (Å²) in [6.45, 7) is -0.185. The second-order valence-electron chi connectivity index (χ2n) is 10.7. The van der Waals surface area contributed by atoms with Crippen molar-refractivity contribution in [3.05, 3.63) is 56.1 Å². The first-order chi connectivity index (χ1) is 24.6. The van der Waals surface area contributed by atoms with Gasteiger partial charge in [-0.05, 0) is 66.2 Å². The van der Waals surface area contributed by atoms with Crippen molar-refractivity contribution in [1.82, 2.24) is 26.2 Å². The molecule has 1 aromatic heterocycles. The molecule has 1 heterocycles. The van der Waals surface area contributed by atoms with Crippen molar-refractivity contribution in [1.29, 1.82) is 5.26 Å². The number of amides is 2. The van der Waals surface area contributed by atoms with Gasteiger partial charge in [0, 0.05) is 25.6 Å². The van der Waals surface area contributed by atoms with Gasteiger partial charge >= 0.3 is 17.7 Å². The molecule has 0 spiro atoms. The van der Waals surface area contributed by atoms with Crippen LogP contribution in [-0.4, -0.2) is 83.3 Å².